The zero-order chi connectivity index (χ0) is 14.9. The normalized spacial score (nSPS) is 23.1. The van der Waals surface area contributed by atoms with Gasteiger partial charge >= 0.3 is 0 Å². The highest BCUT2D eigenvalue weighted by Crippen LogP contribution is 2.21. The maximum atomic E-state index is 11.8. The van der Waals surface area contributed by atoms with Crippen LogP contribution in [-0.4, -0.2) is 47.1 Å². The fraction of sp³-hybridized carbons (Fsp3) is 0.769. The molecule has 2 aliphatic rings. The summed E-state index contributed by atoms with van der Waals surface area (Å²) in [4.78, 5) is 11.8. The lowest BCUT2D eigenvalue weighted by molar-refractivity contribution is -0.121. The van der Waals surface area contributed by atoms with Gasteiger partial charge < -0.3 is 9.88 Å². The quantitative estimate of drug-likeness (QED) is 0.806. The van der Waals surface area contributed by atoms with Gasteiger partial charge in [0, 0.05) is 32.4 Å². The number of nitrogens with one attached hydrogen (secondary N) is 1. The van der Waals surface area contributed by atoms with Crippen molar-refractivity contribution in [3.05, 3.63) is 11.6 Å². The fourth-order valence-corrected chi connectivity index (χ4v) is 4.94. The maximum absolute atomic E-state index is 11.8. The highest BCUT2D eigenvalue weighted by Gasteiger charge is 2.29. The summed E-state index contributed by atoms with van der Waals surface area (Å²) < 4.78 is 24.8. The van der Waals surface area contributed by atoms with Crippen molar-refractivity contribution in [2.75, 3.05) is 18.1 Å². The van der Waals surface area contributed by atoms with Crippen LogP contribution in [0.1, 0.15) is 30.9 Å². The van der Waals surface area contributed by atoms with E-state index in [-0.39, 0.29) is 23.3 Å². The molecule has 1 fully saturated rings. The molecule has 116 valence electrons. The van der Waals surface area contributed by atoms with Crippen molar-refractivity contribution in [2.45, 2.75) is 38.6 Å². The van der Waals surface area contributed by atoms with Crippen LogP contribution in [-0.2, 0) is 34.0 Å². The highest BCUT2D eigenvalue weighted by molar-refractivity contribution is 7.91. The van der Waals surface area contributed by atoms with E-state index < -0.39 is 9.84 Å². The number of rotatable bonds is 5. The fourth-order valence-electron chi connectivity index (χ4n) is 3.08. The third kappa shape index (κ3) is 3.42. The minimum Gasteiger partial charge on any atom is -0.356 e. The van der Waals surface area contributed by atoms with Crippen molar-refractivity contribution in [1.82, 2.24) is 20.1 Å². The molecule has 7 nitrogen and oxygen atoms in total. The number of hydrogen-bond acceptors (Lipinski definition) is 5. The summed E-state index contributed by atoms with van der Waals surface area (Å²) >= 11 is 0. The van der Waals surface area contributed by atoms with E-state index in [1.807, 2.05) is 0 Å². The molecule has 21 heavy (non-hydrogen) atoms. The summed E-state index contributed by atoms with van der Waals surface area (Å²) in [5.41, 5.74) is 0. The zero-order valence-electron chi connectivity index (χ0n) is 11.9. The van der Waals surface area contributed by atoms with Gasteiger partial charge in [0.05, 0.1) is 11.5 Å². The lowest BCUT2D eigenvalue weighted by atomic mass is 10.1. The number of nitrogens with zero attached hydrogens (tertiary/aromatic N) is 3. The second kappa shape index (κ2) is 5.75. The van der Waals surface area contributed by atoms with E-state index in [1.165, 1.54) is 0 Å². The van der Waals surface area contributed by atoms with E-state index in [0.29, 0.717) is 25.8 Å². The monoisotopic (exact) mass is 312 g/mol. The van der Waals surface area contributed by atoms with Crippen molar-refractivity contribution in [3.8, 4) is 0 Å². The number of carbonyl (C=O) groups excluding carboxylic acids is 1. The van der Waals surface area contributed by atoms with E-state index in [1.54, 1.807) is 0 Å². The van der Waals surface area contributed by atoms with Crippen molar-refractivity contribution >= 4 is 15.7 Å². The Labute approximate surface area is 124 Å². The Balaban J connectivity index is 1.42. The molecule has 0 saturated carbocycles. The minimum atomic E-state index is -2.91. The van der Waals surface area contributed by atoms with Gasteiger partial charge in [-0.3, -0.25) is 4.79 Å². The SMILES string of the molecule is O=C(C[C@@H]1CCS(=O)(=O)C1)NCCc1nnc2n1CCC2. The molecule has 1 saturated heterocycles. The zero-order valence-corrected chi connectivity index (χ0v) is 12.7. The van der Waals surface area contributed by atoms with Crippen molar-refractivity contribution in [1.29, 1.82) is 0 Å². The number of aromatic nitrogens is 3. The van der Waals surface area contributed by atoms with Gasteiger partial charge in [0.1, 0.15) is 11.6 Å². The van der Waals surface area contributed by atoms with Crippen LogP contribution in [0.3, 0.4) is 0 Å². The van der Waals surface area contributed by atoms with Gasteiger partial charge in [-0.25, -0.2) is 8.42 Å². The van der Waals surface area contributed by atoms with Crippen LogP contribution >= 0.6 is 0 Å². The molecule has 0 aromatic carbocycles. The van der Waals surface area contributed by atoms with E-state index in [2.05, 4.69) is 20.1 Å². The van der Waals surface area contributed by atoms with Crippen molar-refractivity contribution in [2.24, 2.45) is 5.92 Å². The van der Waals surface area contributed by atoms with Gasteiger partial charge in [0.2, 0.25) is 5.91 Å². The van der Waals surface area contributed by atoms with Crippen LogP contribution in [0.15, 0.2) is 0 Å². The number of sulfone groups is 1. The third-order valence-electron chi connectivity index (χ3n) is 4.16. The number of amides is 1. The molecule has 0 aliphatic carbocycles. The first kappa shape index (κ1) is 14.5. The lowest BCUT2D eigenvalue weighted by Crippen LogP contribution is -2.28. The lowest BCUT2D eigenvalue weighted by Gasteiger charge is -2.08. The molecule has 1 aromatic heterocycles. The molecule has 2 aliphatic heterocycles. The summed E-state index contributed by atoms with van der Waals surface area (Å²) in [6.07, 6.45) is 3.67. The summed E-state index contributed by atoms with van der Waals surface area (Å²) in [6, 6.07) is 0. The van der Waals surface area contributed by atoms with Crippen LogP contribution in [0.25, 0.3) is 0 Å². The number of carbonyl (C=O) groups is 1. The van der Waals surface area contributed by atoms with Gasteiger partial charge in [0.15, 0.2) is 9.84 Å². The summed E-state index contributed by atoms with van der Waals surface area (Å²) in [5, 5.41) is 11.1. The molecule has 3 heterocycles. The van der Waals surface area contributed by atoms with E-state index in [0.717, 1.165) is 31.0 Å². The first-order valence-corrected chi connectivity index (χ1v) is 9.24. The average Bonchev–Trinajstić information content (AvgIpc) is 3.07. The maximum Gasteiger partial charge on any atom is 0.220 e. The molecule has 1 aromatic rings. The van der Waals surface area contributed by atoms with Crippen LogP contribution in [0.5, 0.6) is 0 Å². The Morgan fingerprint density at radius 1 is 1.38 bits per heavy atom. The first-order valence-electron chi connectivity index (χ1n) is 7.41. The van der Waals surface area contributed by atoms with Crippen LogP contribution in [0, 0.1) is 5.92 Å². The first-order chi connectivity index (χ1) is 10.0. The van der Waals surface area contributed by atoms with Gasteiger partial charge in [-0.1, -0.05) is 0 Å². The molecule has 1 atom stereocenters. The van der Waals surface area contributed by atoms with Gasteiger partial charge in [-0.2, -0.15) is 0 Å². The van der Waals surface area contributed by atoms with E-state index in [9.17, 15) is 13.2 Å². The molecule has 0 spiro atoms. The Morgan fingerprint density at radius 3 is 3.00 bits per heavy atom. The van der Waals surface area contributed by atoms with Crippen LogP contribution in [0.4, 0.5) is 0 Å². The van der Waals surface area contributed by atoms with Crippen LogP contribution in [0.2, 0.25) is 0 Å². The van der Waals surface area contributed by atoms with Gasteiger partial charge in [-0.15, -0.1) is 10.2 Å². The molecule has 1 N–H and O–H groups in total. The largest absolute Gasteiger partial charge is 0.356 e. The molecule has 0 radical (unpaired) electrons. The minimum absolute atomic E-state index is 0.0210. The smallest absolute Gasteiger partial charge is 0.220 e. The average molecular weight is 312 g/mol. The predicted molar refractivity (Wildman–Crippen MR) is 76.4 cm³/mol. The van der Waals surface area contributed by atoms with E-state index in [4.69, 9.17) is 0 Å². The number of fused-ring (bicyclic) bond motifs is 1. The topological polar surface area (TPSA) is 93.9 Å². The van der Waals surface area contributed by atoms with E-state index >= 15 is 0 Å². The Hall–Kier alpha value is -1.44. The Morgan fingerprint density at radius 2 is 2.24 bits per heavy atom. The molecular weight excluding hydrogens is 292 g/mol. The van der Waals surface area contributed by atoms with Crippen molar-refractivity contribution < 1.29 is 13.2 Å². The highest BCUT2D eigenvalue weighted by atomic mass is 32.2. The van der Waals surface area contributed by atoms with Gasteiger partial charge in [-0.05, 0) is 18.8 Å². The molecule has 1 amide bonds. The van der Waals surface area contributed by atoms with Crippen LogP contribution < -0.4 is 5.32 Å². The Kier molecular flexibility index (Phi) is 3.97. The summed E-state index contributed by atoms with van der Waals surface area (Å²) in [5.74, 6) is 2.24. The number of aryl methyl sites for hydroxylation is 1. The Bertz CT molecular complexity index is 638. The van der Waals surface area contributed by atoms with Gasteiger partial charge in [0.25, 0.3) is 0 Å². The number of hydrogen-bond donors (Lipinski definition) is 1. The second-order valence-corrected chi connectivity index (χ2v) is 8.09. The second-order valence-electron chi connectivity index (χ2n) is 5.86. The predicted octanol–water partition coefficient (Wildman–Crippen LogP) is -0.292. The third-order valence-corrected chi connectivity index (χ3v) is 5.99. The molecule has 8 heteroatoms. The standard InChI is InChI=1S/C13H20N4O3S/c18-13(8-10-4-7-21(19,20)9-10)14-5-3-12-16-15-11-2-1-6-17(11)12/h10H,1-9H2,(H,14,18)/t10-/m0/s1. The van der Waals surface area contributed by atoms with Crippen molar-refractivity contribution in [3.63, 3.8) is 0 Å². The molecule has 0 unspecified atom stereocenters. The molecule has 0 bridgehead atoms. The molecular formula is C13H20N4O3S. The summed E-state index contributed by atoms with van der Waals surface area (Å²) in [6.45, 7) is 1.49. The molecule has 3 rings (SSSR count). The summed E-state index contributed by atoms with van der Waals surface area (Å²) in [7, 11) is -2.91.